The molecule has 1 fully saturated rings. The van der Waals surface area contributed by atoms with Crippen LogP contribution in [0.1, 0.15) is 10.4 Å². The van der Waals surface area contributed by atoms with Gasteiger partial charge in [-0.1, -0.05) is 0 Å². The number of morpholine rings is 1. The van der Waals surface area contributed by atoms with E-state index in [9.17, 15) is 9.59 Å². The number of hydrogen-bond donors (Lipinski definition) is 1. The first-order valence-corrected chi connectivity index (χ1v) is 5.89. The molecule has 1 aromatic carbocycles. The lowest BCUT2D eigenvalue weighted by molar-refractivity contribution is -0.147. The molecular formula is C13H15NO5. The zero-order chi connectivity index (χ0) is 13.8. The van der Waals surface area contributed by atoms with Crippen LogP contribution in [0, 0.1) is 0 Å². The molecule has 1 aliphatic heterocycles. The van der Waals surface area contributed by atoms with Gasteiger partial charge in [0.2, 0.25) is 0 Å². The number of carbonyl (C=O) groups is 2. The highest BCUT2D eigenvalue weighted by Gasteiger charge is 2.33. The number of carboxylic acids is 1. The molecule has 1 heterocycles. The fourth-order valence-electron chi connectivity index (χ4n) is 1.95. The third-order valence-electron chi connectivity index (χ3n) is 3.01. The largest absolute Gasteiger partial charge is 0.497 e. The minimum absolute atomic E-state index is 0.0250. The van der Waals surface area contributed by atoms with E-state index in [1.165, 1.54) is 4.90 Å². The number of carbonyl (C=O) groups excluding carboxylic acids is 1. The lowest BCUT2D eigenvalue weighted by Crippen LogP contribution is -2.52. The van der Waals surface area contributed by atoms with Gasteiger partial charge in [-0.25, -0.2) is 4.79 Å². The summed E-state index contributed by atoms with van der Waals surface area (Å²) < 4.78 is 10.1. The zero-order valence-corrected chi connectivity index (χ0v) is 10.5. The van der Waals surface area contributed by atoms with Crippen LogP contribution in [0.15, 0.2) is 24.3 Å². The number of rotatable bonds is 3. The van der Waals surface area contributed by atoms with Crippen molar-refractivity contribution >= 4 is 11.9 Å². The minimum Gasteiger partial charge on any atom is -0.497 e. The summed E-state index contributed by atoms with van der Waals surface area (Å²) in [5.74, 6) is -0.715. The summed E-state index contributed by atoms with van der Waals surface area (Å²) in [7, 11) is 1.54. The monoisotopic (exact) mass is 265 g/mol. The second kappa shape index (κ2) is 5.71. The molecule has 1 aromatic rings. The van der Waals surface area contributed by atoms with Gasteiger partial charge in [-0.2, -0.15) is 0 Å². The number of methoxy groups -OCH3 is 1. The van der Waals surface area contributed by atoms with E-state index in [0.717, 1.165) is 0 Å². The van der Waals surface area contributed by atoms with Crippen molar-refractivity contribution in [2.45, 2.75) is 6.04 Å². The molecule has 0 saturated carbocycles. The van der Waals surface area contributed by atoms with Crippen molar-refractivity contribution in [2.75, 3.05) is 26.9 Å². The summed E-state index contributed by atoms with van der Waals surface area (Å²) in [5.41, 5.74) is 0.439. The Balaban J connectivity index is 2.18. The van der Waals surface area contributed by atoms with Crippen LogP contribution in [0.5, 0.6) is 5.75 Å². The Hall–Kier alpha value is -2.08. The van der Waals surface area contributed by atoms with Crippen molar-refractivity contribution in [3.05, 3.63) is 29.8 Å². The van der Waals surface area contributed by atoms with Crippen molar-refractivity contribution in [3.8, 4) is 5.75 Å². The molecule has 0 bridgehead atoms. The molecule has 1 saturated heterocycles. The summed E-state index contributed by atoms with van der Waals surface area (Å²) >= 11 is 0. The Morgan fingerprint density at radius 1 is 1.37 bits per heavy atom. The molecular weight excluding hydrogens is 250 g/mol. The molecule has 6 heteroatoms. The van der Waals surface area contributed by atoms with Crippen LogP contribution in [0.3, 0.4) is 0 Å². The van der Waals surface area contributed by atoms with E-state index in [1.807, 2.05) is 0 Å². The number of nitrogens with zero attached hydrogens (tertiary/aromatic N) is 1. The topological polar surface area (TPSA) is 76.1 Å². The molecule has 0 radical (unpaired) electrons. The fourth-order valence-corrected chi connectivity index (χ4v) is 1.95. The number of carboxylic acid groups (broad SMARTS) is 1. The second-order valence-corrected chi connectivity index (χ2v) is 4.16. The van der Waals surface area contributed by atoms with Crippen molar-refractivity contribution in [1.82, 2.24) is 4.90 Å². The maximum absolute atomic E-state index is 12.3. The van der Waals surface area contributed by atoms with Crippen molar-refractivity contribution < 1.29 is 24.2 Å². The smallest absolute Gasteiger partial charge is 0.328 e. The van der Waals surface area contributed by atoms with E-state index in [1.54, 1.807) is 31.4 Å². The first-order chi connectivity index (χ1) is 9.13. The summed E-state index contributed by atoms with van der Waals surface area (Å²) in [6, 6.07) is 5.65. The number of amides is 1. The van der Waals surface area contributed by atoms with Crippen LogP contribution in [-0.2, 0) is 9.53 Å². The molecule has 1 aliphatic rings. The molecule has 0 unspecified atom stereocenters. The lowest BCUT2D eigenvalue weighted by atomic mass is 10.1. The van der Waals surface area contributed by atoms with Crippen LogP contribution in [0.2, 0.25) is 0 Å². The van der Waals surface area contributed by atoms with Crippen LogP contribution >= 0.6 is 0 Å². The average molecular weight is 265 g/mol. The minimum atomic E-state index is -1.05. The Bertz CT molecular complexity index is 470. The number of aliphatic carboxylic acids is 1. The van der Waals surface area contributed by atoms with Gasteiger partial charge in [-0.05, 0) is 24.3 Å². The van der Waals surface area contributed by atoms with Crippen LogP contribution in [0.4, 0.5) is 0 Å². The van der Waals surface area contributed by atoms with E-state index in [-0.39, 0.29) is 19.1 Å². The SMILES string of the molecule is COc1ccc(C(=O)N2CCOC[C@H]2C(=O)O)cc1. The summed E-state index contributed by atoms with van der Waals surface area (Å²) in [5, 5.41) is 9.09. The predicted molar refractivity (Wildman–Crippen MR) is 66.3 cm³/mol. The van der Waals surface area contributed by atoms with Gasteiger partial charge in [0.05, 0.1) is 20.3 Å². The number of ether oxygens (including phenoxy) is 2. The van der Waals surface area contributed by atoms with Gasteiger partial charge in [0.25, 0.3) is 5.91 Å². The van der Waals surface area contributed by atoms with Gasteiger partial charge in [0.1, 0.15) is 5.75 Å². The highest BCUT2D eigenvalue weighted by molar-refractivity contribution is 5.96. The quantitative estimate of drug-likeness (QED) is 0.867. The number of benzene rings is 1. The van der Waals surface area contributed by atoms with Gasteiger partial charge in [-0.3, -0.25) is 4.79 Å². The lowest BCUT2D eigenvalue weighted by Gasteiger charge is -2.32. The molecule has 1 amide bonds. The molecule has 19 heavy (non-hydrogen) atoms. The first-order valence-electron chi connectivity index (χ1n) is 5.89. The Morgan fingerprint density at radius 2 is 2.05 bits per heavy atom. The summed E-state index contributed by atoms with van der Waals surface area (Å²) in [4.78, 5) is 24.7. The second-order valence-electron chi connectivity index (χ2n) is 4.16. The molecule has 0 aromatic heterocycles. The summed E-state index contributed by atoms with van der Waals surface area (Å²) in [6.07, 6.45) is 0. The third-order valence-corrected chi connectivity index (χ3v) is 3.01. The van der Waals surface area contributed by atoms with Crippen LogP contribution in [-0.4, -0.2) is 54.8 Å². The molecule has 1 N–H and O–H groups in total. The van der Waals surface area contributed by atoms with Gasteiger partial charge in [-0.15, -0.1) is 0 Å². The van der Waals surface area contributed by atoms with Crippen LogP contribution < -0.4 is 4.74 Å². The van der Waals surface area contributed by atoms with E-state index >= 15 is 0 Å². The molecule has 6 nitrogen and oxygen atoms in total. The Morgan fingerprint density at radius 3 is 2.63 bits per heavy atom. The Kier molecular flexibility index (Phi) is 4.01. The van der Waals surface area contributed by atoms with Crippen molar-refractivity contribution in [2.24, 2.45) is 0 Å². The van der Waals surface area contributed by atoms with E-state index in [0.29, 0.717) is 17.9 Å². The third kappa shape index (κ3) is 2.85. The Labute approximate surface area is 110 Å². The molecule has 2 rings (SSSR count). The maximum Gasteiger partial charge on any atom is 0.328 e. The van der Waals surface area contributed by atoms with Gasteiger partial charge < -0.3 is 19.5 Å². The highest BCUT2D eigenvalue weighted by atomic mass is 16.5. The first kappa shape index (κ1) is 13.4. The van der Waals surface area contributed by atoms with Crippen LogP contribution in [0.25, 0.3) is 0 Å². The van der Waals surface area contributed by atoms with Crippen molar-refractivity contribution in [1.29, 1.82) is 0 Å². The fraction of sp³-hybridized carbons (Fsp3) is 0.385. The van der Waals surface area contributed by atoms with Crippen molar-refractivity contribution in [3.63, 3.8) is 0 Å². The van der Waals surface area contributed by atoms with E-state index in [4.69, 9.17) is 14.6 Å². The molecule has 0 aliphatic carbocycles. The summed E-state index contributed by atoms with van der Waals surface area (Å²) in [6.45, 7) is 0.657. The molecule has 102 valence electrons. The zero-order valence-electron chi connectivity index (χ0n) is 10.5. The predicted octanol–water partition coefficient (Wildman–Crippen LogP) is 0.621. The maximum atomic E-state index is 12.3. The molecule has 0 spiro atoms. The van der Waals surface area contributed by atoms with Gasteiger partial charge >= 0.3 is 5.97 Å². The van der Waals surface area contributed by atoms with Gasteiger partial charge in [0, 0.05) is 12.1 Å². The number of hydrogen-bond acceptors (Lipinski definition) is 4. The molecule has 1 atom stereocenters. The van der Waals surface area contributed by atoms with Gasteiger partial charge in [0.15, 0.2) is 6.04 Å². The average Bonchev–Trinajstić information content (AvgIpc) is 2.46. The highest BCUT2D eigenvalue weighted by Crippen LogP contribution is 2.16. The normalized spacial score (nSPS) is 19.0. The standard InChI is InChI=1S/C13H15NO5/c1-18-10-4-2-9(3-5-10)12(15)14-6-7-19-8-11(14)13(16)17/h2-5,11H,6-8H2,1H3,(H,16,17)/t11-/m0/s1. The van der Waals surface area contributed by atoms with E-state index in [2.05, 4.69) is 0 Å². The van der Waals surface area contributed by atoms with E-state index < -0.39 is 12.0 Å².